The van der Waals surface area contributed by atoms with Crippen molar-refractivity contribution in [3.05, 3.63) is 29.3 Å². The van der Waals surface area contributed by atoms with Gasteiger partial charge in [-0.2, -0.15) is 0 Å². The fourth-order valence-electron chi connectivity index (χ4n) is 1.58. The van der Waals surface area contributed by atoms with Crippen molar-refractivity contribution in [1.82, 2.24) is 0 Å². The number of halogens is 1. The third kappa shape index (κ3) is 1.32. The van der Waals surface area contributed by atoms with Gasteiger partial charge in [0.2, 0.25) is 0 Å². The van der Waals surface area contributed by atoms with Gasteiger partial charge in [-0.1, -0.05) is 40.8 Å². The molecule has 2 heteroatoms. The molecule has 1 aromatic rings. The van der Waals surface area contributed by atoms with Gasteiger partial charge in [0, 0.05) is 10.8 Å². The summed E-state index contributed by atoms with van der Waals surface area (Å²) in [7, 11) is 0. The van der Waals surface area contributed by atoms with Gasteiger partial charge in [0.05, 0.1) is 0 Å². The molecule has 0 unspecified atom stereocenters. The van der Waals surface area contributed by atoms with Crippen molar-refractivity contribution in [2.45, 2.75) is 19.4 Å². The van der Waals surface area contributed by atoms with Crippen molar-refractivity contribution >= 4 is 22.6 Å². The summed E-state index contributed by atoms with van der Waals surface area (Å²) in [5.74, 6) is 1.12. The molecule has 12 heavy (non-hydrogen) atoms. The van der Waals surface area contributed by atoms with Gasteiger partial charge in [-0.15, -0.1) is 0 Å². The summed E-state index contributed by atoms with van der Waals surface area (Å²) >= 11 is 2.37. The molecule has 1 atom stereocenters. The number of benzene rings is 1. The summed E-state index contributed by atoms with van der Waals surface area (Å²) in [6.45, 7) is 2.11. The summed E-state index contributed by atoms with van der Waals surface area (Å²) in [6, 6.07) is 6.37. The molecule has 0 aliphatic carbocycles. The zero-order valence-electron chi connectivity index (χ0n) is 7.01. The summed E-state index contributed by atoms with van der Waals surface area (Å²) < 4.78 is 6.85. The molecule has 0 aromatic heterocycles. The maximum atomic E-state index is 5.78. The molecule has 1 aliphatic rings. The second-order valence-corrected chi connectivity index (χ2v) is 4.04. The average Bonchev–Trinajstić information content (AvgIpc) is 2.49. The molecule has 1 aliphatic heterocycles. The lowest BCUT2D eigenvalue weighted by Gasteiger charge is -2.06. The fraction of sp³-hybridized carbons (Fsp3) is 0.400. The summed E-state index contributed by atoms with van der Waals surface area (Å²) in [4.78, 5) is 0. The van der Waals surface area contributed by atoms with E-state index in [-0.39, 0.29) is 0 Å². The molecule has 1 heterocycles. The maximum absolute atomic E-state index is 5.78. The Morgan fingerprint density at radius 1 is 1.58 bits per heavy atom. The molecule has 0 bridgehead atoms. The van der Waals surface area contributed by atoms with E-state index >= 15 is 0 Å². The first-order valence-corrected chi connectivity index (χ1v) is 5.65. The van der Waals surface area contributed by atoms with Crippen LogP contribution >= 0.6 is 22.6 Å². The number of rotatable bonds is 1. The van der Waals surface area contributed by atoms with E-state index in [4.69, 9.17) is 4.74 Å². The van der Waals surface area contributed by atoms with Crippen molar-refractivity contribution in [3.8, 4) is 5.75 Å². The van der Waals surface area contributed by atoms with Crippen LogP contribution in [-0.4, -0.2) is 10.5 Å². The van der Waals surface area contributed by atoms with E-state index in [0.717, 1.165) is 16.6 Å². The number of alkyl halides is 1. The van der Waals surface area contributed by atoms with Crippen molar-refractivity contribution < 1.29 is 4.74 Å². The second-order valence-electron chi connectivity index (χ2n) is 3.16. The van der Waals surface area contributed by atoms with Gasteiger partial charge in [-0.3, -0.25) is 0 Å². The first kappa shape index (κ1) is 8.35. The molecule has 0 saturated heterocycles. The quantitative estimate of drug-likeness (QED) is 0.565. The minimum absolute atomic E-state index is 0.404. The zero-order valence-corrected chi connectivity index (χ0v) is 9.17. The van der Waals surface area contributed by atoms with E-state index in [9.17, 15) is 0 Å². The Bertz CT molecular complexity index is 296. The topological polar surface area (TPSA) is 9.23 Å². The number of ether oxygens (including phenoxy) is 1. The molecule has 1 nitrogen and oxygen atoms in total. The van der Waals surface area contributed by atoms with Crippen LogP contribution in [0.15, 0.2) is 18.2 Å². The minimum atomic E-state index is 0.404. The third-order valence-electron chi connectivity index (χ3n) is 2.20. The standard InChI is InChI=1S/C10H11IO/c1-7-3-2-4-8-5-9(6-11)12-10(7)8/h2-4,9H,5-6H2,1H3/t9-/m0/s1. The van der Waals surface area contributed by atoms with Crippen molar-refractivity contribution in [3.63, 3.8) is 0 Å². The van der Waals surface area contributed by atoms with Gasteiger partial charge in [0.1, 0.15) is 11.9 Å². The maximum Gasteiger partial charge on any atom is 0.126 e. The average molecular weight is 274 g/mol. The Balaban J connectivity index is 2.35. The fourth-order valence-corrected chi connectivity index (χ4v) is 2.07. The third-order valence-corrected chi connectivity index (χ3v) is 3.18. The smallest absolute Gasteiger partial charge is 0.126 e. The van der Waals surface area contributed by atoms with Crippen LogP contribution in [0, 0.1) is 6.92 Å². The van der Waals surface area contributed by atoms with Gasteiger partial charge >= 0.3 is 0 Å². The zero-order chi connectivity index (χ0) is 8.55. The van der Waals surface area contributed by atoms with E-state index in [1.165, 1.54) is 11.1 Å². The van der Waals surface area contributed by atoms with Gasteiger partial charge in [0.15, 0.2) is 0 Å². The highest BCUT2D eigenvalue weighted by molar-refractivity contribution is 14.1. The van der Waals surface area contributed by atoms with Crippen molar-refractivity contribution in [2.75, 3.05) is 4.43 Å². The number of aryl methyl sites for hydroxylation is 1. The predicted octanol–water partition coefficient (Wildman–Crippen LogP) is 2.73. The number of para-hydroxylation sites is 1. The highest BCUT2D eigenvalue weighted by atomic mass is 127. The van der Waals surface area contributed by atoms with Crippen LogP contribution in [0.4, 0.5) is 0 Å². The van der Waals surface area contributed by atoms with Gasteiger partial charge in [-0.05, 0) is 18.1 Å². The molecule has 0 fully saturated rings. The van der Waals surface area contributed by atoms with Crippen LogP contribution < -0.4 is 4.74 Å². The van der Waals surface area contributed by atoms with Crippen LogP contribution in [0.2, 0.25) is 0 Å². The lowest BCUT2D eigenvalue weighted by Crippen LogP contribution is -2.13. The SMILES string of the molecule is Cc1cccc2c1O[C@H](CI)C2. The Morgan fingerprint density at radius 3 is 3.08 bits per heavy atom. The summed E-state index contributed by atoms with van der Waals surface area (Å²) in [6.07, 6.45) is 1.49. The molecule has 0 amide bonds. The Labute approximate surface area is 86.3 Å². The molecule has 64 valence electrons. The molecular formula is C10H11IO. The Hall–Kier alpha value is -0.250. The van der Waals surface area contributed by atoms with E-state index in [2.05, 4.69) is 47.7 Å². The minimum Gasteiger partial charge on any atom is -0.489 e. The van der Waals surface area contributed by atoms with Crippen LogP contribution in [0.5, 0.6) is 5.75 Å². The lowest BCUT2D eigenvalue weighted by molar-refractivity contribution is 0.261. The molecular weight excluding hydrogens is 263 g/mol. The number of fused-ring (bicyclic) bond motifs is 1. The van der Waals surface area contributed by atoms with Gasteiger partial charge in [0.25, 0.3) is 0 Å². The summed E-state index contributed by atoms with van der Waals surface area (Å²) in [5.41, 5.74) is 2.64. The van der Waals surface area contributed by atoms with E-state index in [1.807, 2.05) is 0 Å². The van der Waals surface area contributed by atoms with Crippen LogP contribution in [-0.2, 0) is 6.42 Å². The monoisotopic (exact) mass is 274 g/mol. The van der Waals surface area contributed by atoms with E-state index in [0.29, 0.717) is 6.10 Å². The second kappa shape index (κ2) is 3.24. The molecule has 0 saturated carbocycles. The highest BCUT2D eigenvalue weighted by Crippen LogP contribution is 2.32. The van der Waals surface area contributed by atoms with E-state index < -0.39 is 0 Å². The van der Waals surface area contributed by atoms with Crippen LogP contribution in [0.25, 0.3) is 0 Å². The van der Waals surface area contributed by atoms with Gasteiger partial charge in [-0.25, -0.2) is 0 Å². The number of hydrogen-bond donors (Lipinski definition) is 0. The van der Waals surface area contributed by atoms with Crippen molar-refractivity contribution in [1.29, 1.82) is 0 Å². The lowest BCUT2D eigenvalue weighted by atomic mass is 10.1. The number of hydrogen-bond acceptors (Lipinski definition) is 1. The molecule has 0 spiro atoms. The molecule has 1 aromatic carbocycles. The predicted molar refractivity (Wildman–Crippen MR) is 58.2 cm³/mol. The van der Waals surface area contributed by atoms with Crippen LogP contribution in [0.1, 0.15) is 11.1 Å². The Kier molecular flexibility index (Phi) is 2.26. The molecule has 0 radical (unpaired) electrons. The summed E-state index contributed by atoms with van der Waals surface area (Å²) in [5, 5.41) is 0. The van der Waals surface area contributed by atoms with Gasteiger partial charge < -0.3 is 4.74 Å². The Morgan fingerprint density at radius 2 is 2.42 bits per heavy atom. The van der Waals surface area contributed by atoms with Crippen molar-refractivity contribution in [2.24, 2.45) is 0 Å². The first-order chi connectivity index (χ1) is 5.81. The largest absolute Gasteiger partial charge is 0.489 e. The van der Waals surface area contributed by atoms with E-state index in [1.54, 1.807) is 0 Å². The molecule has 2 rings (SSSR count). The first-order valence-electron chi connectivity index (χ1n) is 4.12. The van der Waals surface area contributed by atoms with Crippen LogP contribution in [0.3, 0.4) is 0 Å². The normalized spacial score (nSPS) is 20.3. The highest BCUT2D eigenvalue weighted by Gasteiger charge is 2.22. The molecule has 0 N–H and O–H groups in total.